The minimum atomic E-state index is -3.77. The number of nitrogens with one attached hydrogen (secondary N) is 1. The summed E-state index contributed by atoms with van der Waals surface area (Å²) in [6.45, 7) is 3.32. The van der Waals surface area contributed by atoms with Crippen molar-refractivity contribution in [3.05, 3.63) is 58.1 Å². The lowest BCUT2D eigenvalue weighted by Gasteiger charge is -2.29. The van der Waals surface area contributed by atoms with E-state index in [1.807, 2.05) is 19.1 Å². The number of nitrogens with zero attached hydrogens (tertiary/aromatic N) is 1. The standard InChI is InChI=1S/C19H22Cl2N2O4S/c1-12(14-5-7-18(27-3)8-6-14)22-19(24)13(2)23(28(4,25)26)17-10-15(20)9-16(21)11-17/h5-13H,1-4H3,(H,22,24)/t12-,13-/m0/s1. The molecular formula is C19H22Cl2N2O4S. The predicted octanol–water partition coefficient (Wildman–Crippen LogP) is 4.03. The number of hydrogen-bond acceptors (Lipinski definition) is 4. The van der Waals surface area contributed by atoms with Gasteiger partial charge in [-0.1, -0.05) is 35.3 Å². The maximum atomic E-state index is 12.8. The molecule has 0 aliphatic carbocycles. The quantitative estimate of drug-likeness (QED) is 0.698. The number of ether oxygens (including phenoxy) is 1. The lowest BCUT2D eigenvalue weighted by atomic mass is 10.1. The summed E-state index contributed by atoms with van der Waals surface area (Å²) in [6.07, 6.45) is 1.03. The number of hydrogen-bond donors (Lipinski definition) is 1. The highest BCUT2D eigenvalue weighted by molar-refractivity contribution is 7.92. The van der Waals surface area contributed by atoms with Gasteiger partial charge in [0.15, 0.2) is 0 Å². The van der Waals surface area contributed by atoms with Crippen LogP contribution in [0.1, 0.15) is 25.5 Å². The lowest BCUT2D eigenvalue weighted by molar-refractivity contribution is -0.122. The molecule has 2 aromatic carbocycles. The van der Waals surface area contributed by atoms with Gasteiger partial charge in [-0.2, -0.15) is 0 Å². The summed E-state index contributed by atoms with van der Waals surface area (Å²) in [6, 6.07) is 10.3. The van der Waals surface area contributed by atoms with Crippen molar-refractivity contribution in [2.24, 2.45) is 0 Å². The van der Waals surface area contributed by atoms with E-state index in [1.165, 1.54) is 25.1 Å². The van der Waals surface area contributed by atoms with Crippen LogP contribution in [0.5, 0.6) is 5.75 Å². The third-order valence-corrected chi connectivity index (χ3v) is 5.84. The molecule has 0 radical (unpaired) electrons. The van der Waals surface area contributed by atoms with Crippen LogP contribution in [0, 0.1) is 0 Å². The first-order valence-corrected chi connectivity index (χ1v) is 11.0. The van der Waals surface area contributed by atoms with Gasteiger partial charge in [0.1, 0.15) is 11.8 Å². The van der Waals surface area contributed by atoms with Gasteiger partial charge >= 0.3 is 0 Å². The van der Waals surface area contributed by atoms with E-state index in [0.717, 1.165) is 16.1 Å². The monoisotopic (exact) mass is 444 g/mol. The van der Waals surface area contributed by atoms with Crippen molar-refractivity contribution in [3.63, 3.8) is 0 Å². The molecule has 6 nitrogen and oxygen atoms in total. The summed E-state index contributed by atoms with van der Waals surface area (Å²) in [4.78, 5) is 12.8. The Morgan fingerprint density at radius 3 is 2.07 bits per heavy atom. The van der Waals surface area contributed by atoms with E-state index in [2.05, 4.69) is 5.32 Å². The molecule has 1 N–H and O–H groups in total. The van der Waals surface area contributed by atoms with Crippen LogP contribution >= 0.6 is 23.2 Å². The Hall–Kier alpha value is -1.96. The maximum Gasteiger partial charge on any atom is 0.244 e. The minimum Gasteiger partial charge on any atom is -0.497 e. The molecule has 9 heteroatoms. The molecule has 0 bridgehead atoms. The van der Waals surface area contributed by atoms with Crippen molar-refractivity contribution < 1.29 is 17.9 Å². The second-order valence-corrected chi connectivity index (χ2v) is 9.10. The molecular weight excluding hydrogens is 423 g/mol. The Balaban J connectivity index is 2.25. The second-order valence-electron chi connectivity index (χ2n) is 6.37. The zero-order chi connectivity index (χ0) is 21.1. The number of amides is 1. The first-order chi connectivity index (χ1) is 13.0. The fourth-order valence-electron chi connectivity index (χ4n) is 2.79. The van der Waals surface area contributed by atoms with E-state index in [1.54, 1.807) is 19.2 Å². The van der Waals surface area contributed by atoms with Crippen LogP contribution in [0.15, 0.2) is 42.5 Å². The summed E-state index contributed by atoms with van der Waals surface area (Å²) >= 11 is 12.0. The minimum absolute atomic E-state index is 0.222. The SMILES string of the molecule is COc1ccc([C@H](C)NC(=O)[C@H](C)N(c2cc(Cl)cc(Cl)c2)S(C)(=O)=O)cc1. The Kier molecular flexibility index (Phi) is 7.20. The van der Waals surface area contributed by atoms with Gasteiger partial charge < -0.3 is 10.1 Å². The number of carbonyl (C=O) groups is 1. The van der Waals surface area contributed by atoms with Crippen LogP contribution < -0.4 is 14.4 Å². The Morgan fingerprint density at radius 2 is 1.61 bits per heavy atom. The third-order valence-electron chi connectivity index (χ3n) is 4.16. The summed E-state index contributed by atoms with van der Waals surface area (Å²) in [7, 11) is -2.19. The molecule has 28 heavy (non-hydrogen) atoms. The Labute approximate surface area is 175 Å². The summed E-state index contributed by atoms with van der Waals surface area (Å²) in [5.41, 5.74) is 1.08. The van der Waals surface area contributed by atoms with Gasteiger partial charge in [-0.3, -0.25) is 9.10 Å². The van der Waals surface area contributed by atoms with Crippen LogP contribution in [0.4, 0.5) is 5.69 Å². The van der Waals surface area contributed by atoms with Crippen molar-refractivity contribution in [3.8, 4) is 5.75 Å². The van der Waals surface area contributed by atoms with E-state index >= 15 is 0 Å². The molecule has 2 aromatic rings. The molecule has 0 heterocycles. The molecule has 152 valence electrons. The highest BCUT2D eigenvalue weighted by Crippen LogP contribution is 2.29. The molecule has 1 amide bonds. The van der Waals surface area contributed by atoms with Crippen molar-refractivity contribution in [2.45, 2.75) is 25.9 Å². The summed E-state index contributed by atoms with van der Waals surface area (Å²) in [5, 5.41) is 3.38. The lowest BCUT2D eigenvalue weighted by Crippen LogP contribution is -2.48. The smallest absolute Gasteiger partial charge is 0.244 e. The van der Waals surface area contributed by atoms with E-state index in [0.29, 0.717) is 5.75 Å². The number of rotatable bonds is 7. The van der Waals surface area contributed by atoms with Crippen molar-refractivity contribution in [2.75, 3.05) is 17.7 Å². The Morgan fingerprint density at radius 1 is 1.07 bits per heavy atom. The van der Waals surface area contributed by atoms with Gasteiger partial charge in [0.05, 0.1) is 25.1 Å². The second kappa shape index (κ2) is 9.03. The molecule has 0 spiro atoms. The Bertz CT molecular complexity index is 929. The molecule has 0 saturated heterocycles. The van der Waals surface area contributed by atoms with Crippen molar-refractivity contribution in [1.82, 2.24) is 5.32 Å². The number of halogens is 2. The molecule has 0 unspecified atom stereocenters. The summed E-state index contributed by atoms with van der Waals surface area (Å²) < 4.78 is 30.9. The molecule has 0 saturated carbocycles. The van der Waals surface area contributed by atoms with Crippen molar-refractivity contribution in [1.29, 1.82) is 0 Å². The largest absolute Gasteiger partial charge is 0.497 e. The van der Waals surface area contributed by atoms with Crippen LogP contribution in [-0.4, -0.2) is 33.7 Å². The van der Waals surface area contributed by atoms with E-state index in [9.17, 15) is 13.2 Å². The normalized spacial score (nSPS) is 13.5. The zero-order valence-electron chi connectivity index (χ0n) is 15.9. The van der Waals surface area contributed by atoms with Gasteiger partial charge in [0, 0.05) is 10.0 Å². The molecule has 0 fully saturated rings. The fraction of sp³-hybridized carbons (Fsp3) is 0.316. The van der Waals surface area contributed by atoms with E-state index in [-0.39, 0.29) is 21.8 Å². The van der Waals surface area contributed by atoms with Gasteiger partial charge in [0.2, 0.25) is 15.9 Å². The van der Waals surface area contributed by atoms with Crippen LogP contribution in [0.25, 0.3) is 0 Å². The van der Waals surface area contributed by atoms with Crippen LogP contribution in [0.3, 0.4) is 0 Å². The van der Waals surface area contributed by atoms with E-state index in [4.69, 9.17) is 27.9 Å². The highest BCUT2D eigenvalue weighted by Gasteiger charge is 2.30. The van der Waals surface area contributed by atoms with Gasteiger partial charge in [-0.15, -0.1) is 0 Å². The molecule has 2 rings (SSSR count). The predicted molar refractivity (Wildman–Crippen MR) is 113 cm³/mol. The average Bonchev–Trinajstić information content (AvgIpc) is 2.59. The molecule has 0 aliphatic rings. The first kappa shape index (κ1) is 22.3. The number of sulfonamides is 1. The van der Waals surface area contributed by atoms with Gasteiger partial charge in [-0.25, -0.2) is 8.42 Å². The molecule has 0 aliphatic heterocycles. The molecule has 0 aromatic heterocycles. The number of methoxy groups -OCH3 is 1. The van der Waals surface area contributed by atoms with E-state index < -0.39 is 22.0 Å². The molecule has 2 atom stereocenters. The van der Waals surface area contributed by atoms with Crippen molar-refractivity contribution >= 4 is 44.8 Å². The number of anilines is 1. The number of benzene rings is 2. The zero-order valence-corrected chi connectivity index (χ0v) is 18.3. The fourth-order valence-corrected chi connectivity index (χ4v) is 4.46. The third kappa shape index (κ3) is 5.53. The van der Waals surface area contributed by atoms with Crippen LogP contribution in [-0.2, 0) is 14.8 Å². The maximum absolute atomic E-state index is 12.8. The topological polar surface area (TPSA) is 75.7 Å². The van der Waals surface area contributed by atoms with Crippen LogP contribution in [0.2, 0.25) is 10.0 Å². The first-order valence-electron chi connectivity index (χ1n) is 8.42. The van der Waals surface area contributed by atoms with Gasteiger partial charge in [-0.05, 0) is 49.7 Å². The summed E-state index contributed by atoms with van der Waals surface area (Å²) in [5.74, 6) is 0.251. The average molecular weight is 445 g/mol. The highest BCUT2D eigenvalue weighted by atomic mass is 35.5. The van der Waals surface area contributed by atoms with Gasteiger partial charge in [0.25, 0.3) is 0 Å². The number of carbonyl (C=O) groups excluding carboxylic acids is 1.